The molecule has 2 heterocycles. The van der Waals surface area contributed by atoms with Crippen molar-refractivity contribution in [3.63, 3.8) is 0 Å². The van der Waals surface area contributed by atoms with Gasteiger partial charge < -0.3 is 9.80 Å². The van der Waals surface area contributed by atoms with E-state index >= 15 is 0 Å². The van der Waals surface area contributed by atoms with E-state index in [0.29, 0.717) is 26.2 Å². The Morgan fingerprint density at radius 3 is 2.36 bits per heavy atom. The Bertz CT molecular complexity index is 751. The average molecular weight is 349 g/mol. The minimum absolute atomic E-state index is 0.178. The predicted octanol–water partition coefficient (Wildman–Crippen LogP) is 3.37. The maximum atomic E-state index is 12.5. The van der Waals surface area contributed by atoms with Crippen LogP contribution in [0.15, 0.2) is 42.6 Å². The molecule has 0 saturated carbocycles. The predicted molar refractivity (Wildman–Crippen MR) is 88.5 cm³/mol. The number of anilines is 1. The maximum absolute atomic E-state index is 12.5. The fraction of sp³-hybridized carbons (Fsp3) is 0.333. The molecule has 1 aliphatic rings. The van der Waals surface area contributed by atoms with Crippen LogP contribution in [0.25, 0.3) is 0 Å². The van der Waals surface area contributed by atoms with Crippen LogP contribution in [0.5, 0.6) is 0 Å². The fourth-order valence-corrected chi connectivity index (χ4v) is 2.86. The Labute approximate surface area is 143 Å². The number of halogens is 3. The molecule has 0 bridgehead atoms. The number of pyridine rings is 1. The fourth-order valence-electron chi connectivity index (χ4n) is 2.86. The molecule has 0 spiro atoms. The van der Waals surface area contributed by atoms with E-state index in [1.54, 1.807) is 4.90 Å². The first-order valence-electron chi connectivity index (χ1n) is 7.99. The second kappa shape index (κ2) is 6.74. The van der Waals surface area contributed by atoms with Crippen LogP contribution >= 0.6 is 0 Å². The SMILES string of the molecule is Cc1cccc(N2CCN(C(=O)c3ccc(C(F)(F)F)nc3)CC2)c1. The van der Waals surface area contributed by atoms with Gasteiger partial charge in [0.1, 0.15) is 5.69 Å². The van der Waals surface area contributed by atoms with Crippen molar-refractivity contribution in [1.82, 2.24) is 9.88 Å². The topological polar surface area (TPSA) is 36.4 Å². The lowest BCUT2D eigenvalue weighted by Crippen LogP contribution is -2.48. The normalized spacial score (nSPS) is 15.4. The summed E-state index contributed by atoms with van der Waals surface area (Å²) in [5.41, 5.74) is 1.47. The summed E-state index contributed by atoms with van der Waals surface area (Å²) in [4.78, 5) is 19.6. The molecule has 3 rings (SSSR count). The summed E-state index contributed by atoms with van der Waals surface area (Å²) in [6.45, 7) is 4.44. The first kappa shape index (κ1) is 17.3. The molecule has 1 aliphatic heterocycles. The highest BCUT2D eigenvalue weighted by atomic mass is 19.4. The number of carbonyl (C=O) groups excluding carboxylic acids is 1. The average Bonchev–Trinajstić information content (AvgIpc) is 2.61. The van der Waals surface area contributed by atoms with Crippen molar-refractivity contribution in [2.24, 2.45) is 0 Å². The third-order valence-electron chi connectivity index (χ3n) is 4.23. The van der Waals surface area contributed by atoms with Crippen LogP contribution in [-0.4, -0.2) is 42.0 Å². The van der Waals surface area contributed by atoms with E-state index in [1.807, 2.05) is 25.1 Å². The number of hydrogen-bond donors (Lipinski definition) is 0. The zero-order valence-corrected chi connectivity index (χ0v) is 13.8. The van der Waals surface area contributed by atoms with E-state index < -0.39 is 11.9 Å². The Morgan fingerprint density at radius 2 is 1.80 bits per heavy atom. The molecule has 2 aromatic rings. The van der Waals surface area contributed by atoms with Crippen molar-refractivity contribution >= 4 is 11.6 Å². The van der Waals surface area contributed by atoms with Crippen LogP contribution in [0.4, 0.5) is 18.9 Å². The molecule has 1 amide bonds. The lowest BCUT2D eigenvalue weighted by Gasteiger charge is -2.36. The third kappa shape index (κ3) is 3.92. The van der Waals surface area contributed by atoms with E-state index in [1.165, 1.54) is 11.6 Å². The van der Waals surface area contributed by atoms with E-state index in [4.69, 9.17) is 0 Å². The number of hydrogen-bond acceptors (Lipinski definition) is 3. The number of carbonyl (C=O) groups is 1. The molecular formula is C18H18F3N3O. The van der Waals surface area contributed by atoms with Gasteiger partial charge in [0, 0.05) is 38.1 Å². The first-order valence-corrected chi connectivity index (χ1v) is 7.99. The zero-order chi connectivity index (χ0) is 18.0. The Hall–Kier alpha value is -2.57. The second-order valence-corrected chi connectivity index (χ2v) is 6.05. The minimum Gasteiger partial charge on any atom is -0.368 e. The van der Waals surface area contributed by atoms with Gasteiger partial charge in [-0.05, 0) is 36.8 Å². The summed E-state index contributed by atoms with van der Waals surface area (Å²) in [6.07, 6.45) is -3.50. The van der Waals surface area contributed by atoms with Crippen LogP contribution in [0, 0.1) is 6.92 Å². The Morgan fingerprint density at radius 1 is 1.08 bits per heavy atom. The lowest BCUT2D eigenvalue weighted by atomic mass is 10.1. The Balaban J connectivity index is 1.63. The smallest absolute Gasteiger partial charge is 0.368 e. The standard InChI is InChI=1S/C18H18F3N3O/c1-13-3-2-4-15(11-13)23-7-9-24(10-8-23)17(25)14-5-6-16(22-12-14)18(19,20)21/h2-6,11-12H,7-10H2,1H3. The summed E-state index contributed by atoms with van der Waals surface area (Å²) < 4.78 is 37.6. The van der Waals surface area contributed by atoms with E-state index in [0.717, 1.165) is 18.0 Å². The van der Waals surface area contributed by atoms with Crippen LogP contribution in [0.3, 0.4) is 0 Å². The largest absolute Gasteiger partial charge is 0.433 e. The lowest BCUT2D eigenvalue weighted by molar-refractivity contribution is -0.141. The van der Waals surface area contributed by atoms with Gasteiger partial charge in [-0.25, -0.2) is 0 Å². The molecule has 0 N–H and O–H groups in total. The number of aromatic nitrogens is 1. The molecule has 1 aromatic carbocycles. The molecular weight excluding hydrogens is 331 g/mol. The molecule has 25 heavy (non-hydrogen) atoms. The van der Waals surface area contributed by atoms with Crippen LogP contribution < -0.4 is 4.90 Å². The zero-order valence-electron chi connectivity index (χ0n) is 13.8. The van der Waals surface area contributed by atoms with E-state index in [2.05, 4.69) is 16.0 Å². The van der Waals surface area contributed by atoms with Gasteiger partial charge >= 0.3 is 6.18 Å². The van der Waals surface area contributed by atoms with Crippen molar-refractivity contribution in [2.75, 3.05) is 31.1 Å². The first-order chi connectivity index (χ1) is 11.8. The molecule has 1 aromatic heterocycles. The van der Waals surface area contributed by atoms with Gasteiger partial charge in [-0.1, -0.05) is 12.1 Å². The van der Waals surface area contributed by atoms with Gasteiger partial charge in [0.05, 0.1) is 5.56 Å². The van der Waals surface area contributed by atoms with E-state index in [-0.39, 0.29) is 11.5 Å². The number of amides is 1. The van der Waals surface area contributed by atoms with Crippen molar-refractivity contribution in [3.05, 3.63) is 59.4 Å². The van der Waals surface area contributed by atoms with Crippen molar-refractivity contribution in [3.8, 4) is 0 Å². The minimum atomic E-state index is -4.50. The number of rotatable bonds is 2. The molecule has 0 atom stereocenters. The molecule has 1 fully saturated rings. The van der Waals surface area contributed by atoms with E-state index in [9.17, 15) is 18.0 Å². The summed E-state index contributed by atoms with van der Waals surface area (Å²) in [5.74, 6) is -0.287. The third-order valence-corrected chi connectivity index (χ3v) is 4.23. The van der Waals surface area contributed by atoms with Gasteiger partial charge in [-0.3, -0.25) is 9.78 Å². The molecule has 1 saturated heterocycles. The molecule has 4 nitrogen and oxygen atoms in total. The number of nitrogens with zero attached hydrogens (tertiary/aromatic N) is 3. The molecule has 132 valence electrons. The number of piperazine rings is 1. The number of benzene rings is 1. The van der Waals surface area contributed by atoms with Gasteiger partial charge in [0.25, 0.3) is 5.91 Å². The number of alkyl halides is 3. The summed E-state index contributed by atoms with van der Waals surface area (Å²) in [6, 6.07) is 10.2. The molecule has 0 radical (unpaired) electrons. The highest BCUT2D eigenvalue weighted by Gasteiger charge is 2.32. The summed E-state index contributed by atoms with van der Waals surface area (Å²) in [7, 11) is 0. The van der Waals surface area contributed by atoms with Crippen LogP contribution in [-0.2, 0) is 6.18 Å². The summed E-state index contributed by atoms with van der Waals surface area (Å²) >= 11 is 0. The highest BCUT2D eigenvalue weighted by Crippen LogP contribution is 2.27. The van der Waals surface area contributed by atoms with Crippen LogP contribution in [0.1, 0.15) is 21.6 Å². The number of aryl methyl sites for hydroxylation is 1. The van der Waals surface area contributed by atoms with Gasteiger partial charge in [0.2, 0.25) is 0 Å². The van der Waals surface area contributed by atoms with Crippen molar-refractivity contribution in [2.45, 2.75) is 13.1 Å². The van der Waals surface area contributed by atoms with Gasteiger partial charge in [0.15, 0.2) is 0 Å². The molecule has 0 unspecified atom stereocenters. The van der Waals surface area contributed by atoms with Crippen molar-refractivity contribution < 1.29 is 18.0 Å². The Kier molecular flexibility index (Phi) is 4.65. The monoisotopic (exact) mass is 349 g/mol. The quantitative estimate of drug-likeness (QED) is 0.834. The van der Waals surface area contributed by atoms with Gasteiger partial charge in [-0.15, -0.1) is 0 Å². The molecule has 0 aliphatic carbocycles. The van der Waals surface area contributed by atoms with Crippen molar-refractivity contribution in [1.29, 1.82) is 0 Å². The van der Waals surface area contributed by atoms with Crippen LogP contribution in [0.2, 0.25) is 0 Å². The maximum Gasteiger partial charge on any atom is 0.433 e. The molecule has 7 heteroatoms. The second-order valence-electron chi connectivity index (χ2n) is 6.05. The summed E-state index contributed by atoms with van der Waals surface area (Å²) in [5, 5.41) is 0. The van der Waals surface area contributed by atoms with Gasteiger partial charge in [-0.2, -0.15) is 13.2 Å². The highest BCUT2D eigenvalue weighted by molar-refractivity contribution is 5.94.